The monoisotopic (exact) mass is 440 g/mol. The van der Waals surface area contributed by atoms with Crippen LogP contribution >= 0.6 is 0 Å². The first-order valence-corrected chi connectivity index (χ1v) is 10.9. The molecule has 2 N–H and O–H groups in total. The summed E-state index contributed by atoms with van der Waals surface area (Å²) in [5.41, 5.74) is 0.551. The zero-order chi connectivity index (χ0) is 21.2. The molecule has 12 heteroatoms. The van der Waals surface area contributed by atoms with Gasteiger partial charge >= 0.3 is 0 Å². The van der Waals surface area contributed by atoms with Crippen molar-refractivity contribution in [2.75, 3.05) is 9.44 Å². The van der Waals surface area contributed by atoms with E-state index in [2.05, 4.69) is 19.4 Å². The smallest absolute Gasteiger partial charge is 0.264 e. The molecule has 0 unspecified atom stereocenters. The molecule has 0 aliphatic rings. The van der Waals surface area contributed by atoms with Crippen LogP contribution in [0, 0.1) is 18.6 Å². The second-order valence-corrected chi connectivity index (χ2v) is 9.16. The summed E-state index contributed by atoms with van der Waals surface area (Å²) in [6.45, 7) is 1.67. The van der Waals surface area contributed by atoms with E-state index in [1.807, 2.05) is 0 Å². The number of aromatic nitrogens is 2. The molecule has 0 radical (unpaired) electrons. The van der Waals surface area contributed by atoms with Gasteiger partial charge in [0.25, 0.3) is 20.0 Å². The van der Waals surface area contributed by atoms with E-state index in [1.165, 1.54) is 18.3 Å². The molecule has 0 saturated carbocycles. The van der Waals surface area contributed by atoms with Gasteiger partial charge in [-0.3, -0.25) is 4.72 Å². The average molecular weight is 440 g/mol. The van der Waals surface area contributed by atoms with E-state index in [9.17, 15) is 25.6 Å². The van der Waals surface area contributed by atoms with Crippen molar-refractivity contribution in [2.24, 2.45) is 0 Å². The van der Waals surface area contributed by atoms with Gasteiger partial charge in [-0.25, -0.2) is 40.3 Å². The molecule has 29 heavy (non-hydrogen) atoms. The zero-order valence-electron chi connectivity index (χ0n) is 14.8. The Balaban J connectivity index is 1.81. The molecule has 0 fully saturated rings. The highest BCUT2D eigenvalue weighted by Crippen LogP contribution is 2.21. The fourth-order valence-electron chi connectivity index (χ4n) is 2.28. The molecule has 0 spiro atoms. The third-order valence-electron chi connectivity index (χ3n) is 3.62. The molecular formula is C17H14F2N4O4S2. The molecule has 152 valence electrons. The Morgan fingerprint density at radius 2 is 1.55 bits per heavy atom. The number of nitrogens with one attached hydrogen (secondary N) is 2. The van der Waals surface area contributed by atoms with E-state index in [-0.39, 0.29) is 16.5 Å². The van der Waals surface area contributed by atoms with E-state index < -0.39 is 36.6 Å². The largest absolute Gasteiger partial charge is 0.280 e. The molecule has 1 aromatic heterocycles. The summed E-state index contributed by atoms with van der Waals surface area (Å²) >= 11 is 0. The number of nitrogens with zero attached hydrogens (tertiary/aromatic N) is 2. The first kappa shape index (κ1) is 20.6. The van der Waals surface area contributed by atoms with Gasteiger partial charge in [0.1, 0.15) is 16.5 Å². The lowest BCUT2D eigenvalue weighted by Crippen LogP contribution is -2.16. The molecule has 2 aromatic carbocycles. The van der Waals surface area contributed by atoms with E-state index in [4.69, 9.17) is 0 Å². The van der Waals surface area contributed by atoms with Crippen molar-refractivity contribution in [1.29, 1.82) is 0 Å². The first-order chi connectivity index (χ1) is 13.6. The van der Waals surface area contributed by atoms with Crippen LogP contribution in [0.4, 0.5) is 20.4 Å². The third kappa shape index (κ3) is 4.84. The molecule has 3 aromatic rings. The summed E-state index contributed by atoms with van der Waals surface area (Å²) in [6.07, 6.45) is 1.40. The van der Waals surface area contributed by atoms with Crippen LogP contribution in [0.15, 0.2) is 64.5 Å². The number of aryl methyl sites for hydroxylation is 1. The zero-order valence-corrected chi connectivity index (χ0v) is 16.4. The topological polar surface area (TPSA) is 118 Å². The van der Waals surface area contributed by atoms with E-state index in [1.54, 1.807) is 13.0 Å². The Morgan fingerprint density at radius 1 is 0.862 bits per heavy atom. The second kappa shape index (κ2) is 7.72. The van der Waals surface area contributed by atoms with Gasteiger partial charge in [-0.05, 0) is 49.4 Å². The minimum absolute atomic E-state index is 0.0144. The van der Waals surface area contributed by atoms with Crippen molar-refractivity contribution >= 4 is 31.7 Å². The van der Waals surface area contributed by atoms with Gasteiger partial charge in [-0.2, -0.15) is 0 Å². The van der Waals surface area contributed by atoms with Crippen molar-refractivity contribution in [3.05, 3.63) is 72.1 Å². The van der Waals surface area contributed by atoms with Crippen LogP contribution in [0.25, 0.3) is 0 Å². The first-order valence-electron chi connectivity index (χ1n) is 7.97. The highest BCUT2D eigenvalue weighted by Gasteiger charge is 2.21. The predicted molar refractivity (Wildman–Crippen MR) is 101 cm³/mol. The lowest BCUT2D eigenvalue weighted by Gasteiger charge is -2.10. The summed E-state index contributed by atoms with van der Waals surface area (Å²) < 4.78 is 80.3. The number of halogens is 2. The van der Waals surface area contributed by atoms with Crippen LogP contribution in [-0.2, 0) is 20.0 Å². The fourth-order valence-corrected chi connectivity index (χ4v) is 4.35. The SMILES string of the molecule is Cc1ccnc(NS(=O)(=O)c2ccc(NS(=O)(=O)c3ccc(F)cc3F)cc2)n1. The van der Waals surface area contributed by atoms with Gasteiger partial charge in [-0.1, -0.05) is 0 Å². The Bertz CT molecular complexity index is 1260. The second-order valence-electron chi connectivity index (χ2n) is 5.83. The van der Waals surface area contributed by atoms with Gasteiger partial charge in [0.15, 0.2) is 0 Å². The van der Waals surface area contributed by atoms with Crippen LogP contribution in [0.1, 0.15) is 5.69 Å². The van der Waals surface area contributed by atoms with Gasteiger partial charge in [0, 0.05) is 23.6 Å². The Labute approximate surface area is 165 Å². The number of rotatable bonds is 6. The van der Waals surface area contributed by atoms with Gasteiger partial charge < -0.3 is 0 Å². The molecule has 8 nitrogen and oxygen atoms in total. The third-order valence-corrected chi connectivity index (χ3v) is 6.38. The Morgan fingerprint density at radius 3 is 2.17 bits per heavy atom. The molecule has 0 bridgehead atoms. The molecule has 0 aliphatic heterocycles. The van der Waals surface area contributed by atoms with Gasteiger partial charge in [0.2, 0.25) is 5.95 Å². The molecule has 3 rings (SSSR count). The van der Waals surface area contributed by atoms with Crippen LogP contribution in [0.2, 0.25) is 0 Å². The molecule has 0 saturated heterocycles. The summed E-state index contributed by atoms with van der Waals surface area (Å²) in [5, 5.41) is 0. The van der Waals surface area contributed by atoms with Crippen molar-refractivity contribution < 1.29 is 25.6 Å². The maximum absolute atomic E-state index is 13.7. The molecule has 0 amide bonds. The molecule has 0 atom stereocenters. The molecule has 0 aliphatic carbocycles. The van der Waals surface area contributed by atoms with Crippen LogP contribution < -0.4 is 9.44 Å². The average Bonchev–Trinajstić information content (AvgIpc) is 2.61. The van der Waals surface area contributed by atoms with Crippen molar-refractivity contribution in [2.45, 2.75) is 16.7 Å². The fraction of sp³-hybridized carbons (Fsp3) is 0.0588. The van der Waals surface area contributed by atoms with Crippen molar-refractivity contribution in [3.63, 3.8) is 0 Å². The maximum Gasteiger partial charge on any atom is 0.264 e. The standard InChI is InChI=1S/C17H14F2N4O4S2/c1-11-8-9-20-17(21-11)23-28(24,25)14-5-3-13(4-6-14)22-29(26,27)16-7-2-12(18)10-15(16)19/h2-10,22H,1H3,(H,20,21,23). The number of sulfonamides is 2. The van der Waals surface area contributed by atoms with Crippen molar-refractivity contribution in [1.82, 2.24) is 9.97 Å². The molecular weight excluding hydrogens is 426 g/mol. The highest BCUT2D eigenvalue weighted by atomic mass is 32.2. The minimum Gasteiger partial charge on any atom is -0.280 e. The van der Waals surface area contributed by atoms with E-state index >= 15 is 0 Å². The number of hydrogen-bond acceptors (Lipinski definition) is 6. The summed E-state index contributed by atoms with van der Waals surface area (Å²) in [6, 6.07) is 8.32. The predicted octanol–water partition coefficient (Wildman–Crippen LogP) is 2.66. The maximum atomic E-state index is 13.7. The number of anilines is 2. The van der Waals surface area contributed by atoms with Gasteiger partial charge in [-0.15, -0.1) is 0 Å². The number of benzene rings is 2. The van der Waals surface area contributed by atoms with Crippen molar-refractivity contribution in [3.8, 4) is 0 Å². The van der Waals surface area contributed by atoms with Gasteiger partial charge in [0.05, 0.1) is 4.90 Å². The Kier molecular flexibility index (Phi) is 5.48. The quantitative estimate of drug-likeness (QED) is 0.608. The van der Waals surface area contributed by atoms with E-state index in [0.29, 0.717) is 11.8 Å². The molecule has 1 heterocycles. The highest BCUT2D eigenvalue weighted by molar-refractivity contribution is 7.93. The number of hydrogen-bond donors (Lipinski definition) is 2. The van der Waals surface area contributed by atoms with E-state index in [0.717, 1.165) is 24.3 Å². The minimum atomic E-state index is -4.34. The summed E-state index contributed by atoms with van der Waals surface area (Å²) in [7, 11) is -8.35. The van der Waals surface area contributed by atoms with Crippen LogP contribution in [0.5, 0.6) is 0 Å². The van der Waals surface area contributed by atoms with Crippen LogP contribution in [0.3, 0.4) is 0 Å². The summed E-state index contributed by atoms with van der Waals surface area (Å²) in [5.74, 6) is -2.28. The van der Waals surface area contributed by atoms with Crippen LogP contribution in [-0.4, -0.2) is 26.8 Å². The Hall–Kier alpha value is -3.12. The normalized spacial score (nSPS) is 11.8. The lowest BCUT2D eigenvalue weighted by atomic mass is 10.3. The summed E-state index contributed by atoms with van der Waals surface area (Å²) in [4.78, 5) is 6.84. The lowest BCUT2D eigenvalue weighted by molar-refractivity contribution is 0.551.